The Morgan fingerprint density at radius 2 is 2.00 bits per heavy atom. The number of imidazole rings is 1. The van der Waals surface area contributed by atoms with Crippen LogP contribution in [0.4, 0.5) is 0 Å². The Labute approximate surface area is 96.1 Å². The Kier molecular flexibility index (Phi) is 3.20. The second kappa shape index (κ2) is 4.79. The van der Waals surface area contributed by atoms with Gasteiger partial charge in [0.2, 0.25) is 0 Å². The zero-order chi connectivity index (χ0) is 11.4. The van der Waals surface area contributed by atoms with Crippen molar-refractivity contribution in [2.75, 3.05) is 0 Å². The number of nitrogens with zero attached hydrogens (tertiary/aromatic N) is 1. The zero-order valence-corrected chi connectivity index (χ0v) is 9.70. The second-order valence-corrected chi connectivity index (χ2v) is 4.11. The van der Waals surface area contributed by atoms with Crippen molar-refractivity contribution in [3.63, 3.8) is 0 Å². The molecule has 2 rings (SSSR count). The van der Waals surface area contributed by atoms with Crippen LogP contribution in [-0.2, 0) is 6.42 Å². The van der Waals surface area contributed by atoms with Gasteiger partial charge in [-0.25, -0.2) is 4.98 Å². The lowest BCUT2D eigenvalue weighted by Crippen LogP contribution is -1.83. The van der Waals surface area contributed by atoms with Crippen LogP contribution in [0.15, 0.2) is 48.2 Å². The second-order valence-electron chi connectivity index (χ2n) is 4.11. The van der Waals surface area contributed by atoms with E-state index in [1.807, 2.05) is 24.4 Å². The van der Waals surface area contributed by atoms with Crippen LogP contribution in [0.2, 0.25) is 0 Å². The van der Waals surface area contributed by atoms with Gasteiger partial charge in [-0.2, -0.15) is 0 Å². The Morgan fingerprint density at radius 3 is 2.69 bits per heavy atom. The molecule has 0 amide bonds. The Balaban J connectivity index is 2.17. The quantitative estimate of drug-likeness (QED) is 0.774. The highest BCUT2D eigenvalue weighted by atomic mass is 14.9. The minimum Gasteiger partial charge on any atom is -0.342 e. The number of hydrogen-bond acceptors (Lipinski definition) is 1. The van der Waals surface area contributed by atoms with Crippen LogP contribution < -0.4 is 0 Å². The van der Waals surface area contributed by atoms with Crippen molar-refractivity contribution in [3.05, 3.63) is 53.9 Å². The fourth-order valence-electron chi connectivity index (χ4n) is 1.52. The molecular formula is C14H16N2. The molecule has 2 aromatic rings. The Bertz CT molecular complexity index is 476. The van der Waals surface area contributed by atoms with Crippen molar-refractivity contribution in [1.82, 2.24) is 9.97 Å². The number of aromatic nitrogens is 2. The van der Waals surface area contributed by atoms with E-state index in [9.17, 15) is 0 Å². The summed E-state index contributed by atoms with van der Waals surface area (Å²) < 4.78 is 0. The minimum absolute atomic E-state index is 0.919. The number of benzene rings is 1. The van der Waals surface area contributed by atoms with Crippen LogP contribution in [0.3, 0.4) is 0 Å². The van der Waals surface area contributed by atoms with Gasteiger partial charge in [-0.3, -0.25) is 0 Å². The maximum atomic E-state index is 4.38. The van der Waals surface area contributed by atoms with Crippen LogP contribution in [-0.4, -0.2) is 9.97 Å². The average molecular weight is 212 g/mol. The first-order valence-electron chi connectivity index (χ1n) is 5.48. The highest BCUT2D eigenvalue weighted by Crippen LogP contribution is 2.15. The summed E-state index contributed by atoms with van der Waals surface area (Å²) >= 11 is 0. The molecule has 0 saturated heterocycles. The number of hydrogen-bond donors (Lipinski definition) is 1. The molecule has 0 radical (unpaired) electrons. The first kappa shape index (κ1) is 10.7. The fourth-order valence-corrected chi connectivity index (χ4v) is 1.52. The lowest BCUT2D eigenvalue weighted by molar-refractivity contribution is 1.13. The van der Waals surface area contributed by atoms with Crippen LogP contribution in [0.25, 0.3) is 11.4 Å². The number of allylic oxidation sites excluding steroid dienone is 2. The molecule has 2 nitrogen and oxygen atoms in total. The van der Waals surface area contributed by atoms with Crippen molar-refractivity contribution < 1.29 is 0 Å². The monoisotopic (exact) mass is 212 g/mol. The third-order valence-electron chi connectivity index (χ3n) is 2.41. The molecule has 0 aliphatic carbocycles. The summed E-state index contributed by atoms with van der Waals surface area (Å²) in [6.45, 7) is 4.21. The largest absolute Gasteiger partial charge is 0.342 e. The number of rotatable bonds is 3. The highest BCUT2D eigenvalue weighted by molar-refractivity contribution is 5.54. The molecule has 1 heterocycles. The number of nitrogens with one attached hydrogen (secondary N) is 1. The van der Waals surface area contributed by atoms with Gasteiger partial charge >= 0.3 is 0 Å². The van der Waals surface area contributed by atoms with Crippen LogP contribution >= 0.6 is 0 Å². The molecule has 1 aromatic carbocycles. The molecule has 2 heteroatoms. The van der Waals surface area contributed by atoms with E-state index in [1.54, 1.807) is 0 Å². The lowest BCUT2D eigenvalue weighted by Gasteiger charge is -1.95. The van der Waals surface area contributed by atoms with Gasteiger partial charge in [-0.1, -0.05) is 42.0 Å². The van der Waals surface area contributed by atoms with E-state index in [0.29, 0.717) is 0 Å². The summed E-state index contributed by atoms with van der Waals surface area (Å²) in [6, 6.07) is 10.2. The molecular weight excluding hydrogens is 196 g/mol. The van der Waals surface area contributed by atoms with Crippen molar-refractivity contribution in [2.45, 2.75) is 20.3 Å². The van der Waals surface area contributed by atoms with Gasteiger partial charge in [0, 0.05) is 23.9 Å². The Hall–Kier alpha value is -1.83. The van der Waals surface area contributed by atoms with Gasteiger partial charge in [0.05, 0.1) is 0 Å². The molecule has 1 N–H and O–H groups in total. The average Bonchev–Trinajstić information content (AvgIpc) is 2.76. The highest BCUT2D eigenvalue weighted by Gasteiger charge is 2.01. The summed E-state index contributed by atoms with van der Waals surface area (Å²) in [5.41, 5.74) is 3.61. The first-order valence-corrected chi connectivity index (χ1v) is 5.48. The van der Waals surface area contributed by atoms with Crippen molar-refractivity contribution in [3.8, 4) is 11.4 Å². The molecule has 82 valence electrons. The van der Waals surface area contributed by atoms with Crippen molar-refractivity contribution in [2.24, 2.45) is 0 Å². The fraction of sp³-hybridized carbons (Fsp3) is 0.214. The molecule has 0 unspecified atom stereocenters. The van der Waals surface area contributed by atoms with Crippen LogP contribution in [0, 0.1) is 0 Å². The number of aromatic amines is 1. The lowest BCUT2D eigenvalue weighted by atomic mass is 10.2. The van der Waals surface area contributed by atoms with Gasteiger partial charge in [0.15, 0.2) is 0 Å². The molecule has 0 aliphatic rings. The third kappa shape index (κ3) is 2.60. The van der Waals surface area contributed by atoms with Gasteiger partial charge in [-0.05, 0) is 13.8 Å². The number of H-pyrrole nitrogens is 1. The molecule has 0 bridgehead atoms. The molecule has 0 aliphatic heterocycles. The standard InChI is InChI=1S/C14H16N2/c1-11(2)8-9-13-10-15-14(16-13)12-6-4-3-5-7-12/h3-8,10H,9H2,1-2H3,(H,15,16). The summed E-state index contributed by atoms with van der Waals surface area (Å²) in [7, 11) is 0. The van der Waals surface area contributed by atoms with Gasteiger partial charge in [0.25, 0.3) is 0 Å². The van der Waals surface area contributed by atoms with Gasteiger partial charge in [-0.15, -0.1) is 0 Å². The van der Waals surface area contributed by atoms with E-state index < -0.39 is 0 Å². The summed E-state index contributed by atoms with van der Waals surface area (Å²) in [6.07, 6.45) is 5.02. The predicted octanol–water partition coefficient (Wildman–Crippen LogP) is 3.59. The van der Waals surface area contributed by atoms with Crippen molar-refractivity contribution >= 4 is 0 Å². The van der Waals surface area contributed by atoms with Crippen LogP contribution in [0.5, 0.6) is 0 Å². The third-order valence-corrected chi connectivity index (χ3v) is 2.41. The summed E-state index contributed by atoms with van der Waals surface area (Å²) in [5.74, 6) is 0.942. The van der Waals surface area contributed by atoms with Crippen molar-refractivity contribution in [1.29, 1.82) is 0 Å². The van der Waals surface area contributed by atoms with E-state index >= 15 is 0 Å². The summed E-state index contributed by atoms with van der Waals surface area (Å²) in [5, 5.41) is 0. The normalized spacial score (nSPS) is 10.1. The van der Waals surface area contributed by atoms with Gasteiger partial charge < -0.3 is 4.98 Å². The van der Waals surface area contributed by atoms with E-state index in [2.05, 4.69) is 42.0 Å². The topological polar surface area (TPSA) is 28.7 Å². The van der Waals surface area contributed by atoms with E-state index in [4.69, 9.17) is 0 Å². The minimum atomic E-state index is 0.919. The zero-order valence-electron chi connectivity index (χ0n) is 9.70. The molecule has 0 saturated carbocycles. The predicted molar refractivity (Wildman–Crippen MR) is 67.2 cm³/mol. The molecule has 1 aromatic heterocycles. The Morgan fingerprint density at radius 1 is 1.25 bits per heavy atom. The molecule has 16 heavy (non-hydrogen) atoms. The molecule has 0 fully saturated rings. The first-order chi connectivity index (χ1) is 7.75. The smallest absolute Gasteiger partial charge is 0.137 e. The maximum absolute atomic E-state index is 4.38. The van der Waals surface area contributed by atoms with E-state index in [-0.39, 0.29) is 0 Å². The van der Waals surface area contributed by atoms with Gasteiger partial charge in [0.1, 0.15) is 5.82 Å². The summed E-state index contributed by atoms with van der Waals surface area (Å²) in [4.78, 5) is 7.71. The van der Waals surface area contributed by atoms with E-state index in [1.165, 1.54) is 5.57 Å². The van der Waals surface area contributed by atoms with Crippen LogP contribution in [0.1, 0.15) is 19.5 Å². The molecule has 0 spiro atoms. The van der Waals surface area contributed by atoms with E-state index in [0.717, 1.165) is 23.5 Å². The molecule has 0 atom stereocenters. The maximum Gasteiger partial charge on any atom is 0.137 e. The SMILES string of the molecule is CC(C)=CCc1cnc(-c2ccccc2)[nH]1.